The molecular formula is C13H13NO3. The Kier molecular flexibility index (Phi) is 3.45. The summed E-state index contributed by atoms with van der Waals surface area (Å²) in [6.07, 6.45) is 2.89. The molecule has 0 spiro atoms. The van der Waals surface area contributed by atoms with Crippen LogP contribution in [0, 0.1) is 0 Å². The highest BCUT2D eigenvalue weighted by Gasteiger charge is 2.06. The number of furan rings is 1. The van der Waals surface area contributed by atoms with E-state index in [1.165, 1.54) is 12.5 Å². The second-order valence-electron chi connectivity index (χ2n) is 3.55. The molecule has 0 fully saturated rings. The number of rotatable bonds is 4. The van der Waals surface area contributed by atoms with Gasteiger partial charge in [-0.15, -0.1) is 0 Å². The Balaban J connectivity index is 1.95. The van der Waals surface area contributed by atoms with Crippen molar-refractivity contribution in [3.05, 3.63) is 54.0 Å². The summed E-state index contributed by atoms with van der Waals surface area (Å²) in [5.74, 6) is 0.627. The lowest BCUT2D eigenvalue weighted by Gasteiger charge is -2.05. The summed E-state index contributed by atoms with van der Waals surface area (Å²) in [5.41, 5.74) is 1.51. The van der Waals surface area contributed by atoms with E-state index in [-0.39, 0.29) is 5.91 Å². The molecule has 0 atom stereocenters. The maximum Gasteiger partial charge on any atom is 0.254 e. The van der Waals surface area contributed by atoms with E-state index in [1.54, 1.807) is 13.2 Å². The smallest absolute Gasteiger partial charge is 0.254 e. The van der Waals surface area contributed by atoms with Crippen molar-refractivity contribution in [1.29, 1.82) is 0 Å². The van der Waals surface area contributed by atoms with Crippen LogP contribution in [0.1, 0.15) is 15.9 Å². The zero-order valence-corrected chi connectivity index (χ0v) is 9.47. The van der Waals surface area contributed by atoms with Gasteiger partial charge in [-0.1, -0.05) is 12.1 Å². The van der Waals surface area contributed by atoms with Gasteiger partial charge in [-0.05, 0) is 23.8 Å². The molecule has 0 unspecified atom stereocenters. The largest absolute Gasteiger partial charge is 0.497 e. The number of benzene rings is 1. The fourth-order valence-corrected chi connectivity index (χ4v) is 1.46. The number of carbonyl (C=O) groups excluding carboxylic acids is 1. The minimum atomic E-state index is -0.151. The van der Waals surface area contributed by atoms with Crippen LogP contribution in [0.5, 0.6) is 5.75 Å². The third-order valence-electron chi connectivity index (χ3n) is 2.37. The molecule has 0 aliphatic carbocycles. The molecule has 0 radical (unpaired) electrons. The first-order valence-electron chi connectivity index (χ1n) is 5.23. The van der Waals surface area contributed by atoms with Crippen molar-refractivity contribution in [3.63, 3.8) is 0 Å². The van der Waals surface area contributed by atoms with E-state index in [0.29, 0.717) is 12.1 Å². The highest BCUT2D eigenvalue weighted by Crippen LogP contribution is 2.12. The molecule has 2 aromatic rings. The second-order valence-corrected chi connectivity index (χ2v) is 3.55. The van der Waals surface area contributed by atoms with Gasteiger partial charge in [0.2, 0.25) is 0 Å². The van der Waals surface area contributed by atoms with Gasteiger partial charge in [-0.2, -0.15) is 0 Å². The van der Waals surface area contributed by atoms with Gasteiger partial charge >= 0.3 is 0 Å². The van der Waals surface area contributed by atoms with Gasteiger partial charge in [0.15, 0.2) is 0 Å². The summed E-state index contributed by atoms with van der Waals surface area (Å²) < 4.78 is 9.95. The van der Waals surface area contributed by atoms with Crippen LogP contribution in [0.25, 0.3) is 0 Å². The standard InChI is InChI=1S/C13H13NO3/c1-16-12-4-2-3-10(7-12)8-14-13(15)11-5-6-17-9-11/h2-7,9H,8H2,1H3,(H,14,15). The fourth-order valence-electron chi connectivity index (χ4n) is 1.46. The van der Waals surface area contributed by atoms with Crippen LogP contribution in [-0.4, -0.2) is 13.0 Å². The van der Waals surface area contributed by atoms with Crippen LogP contribution in [0.4, 0.5) is 0 Å². The van der Waals surface area contributed by atoms with Crippen molar-refractivity contribution in [2.45, 2.75) is 6.54 Å². The minimum absolute atomic E-state index is 0.151. The summed E-state index contributed by atoms with van der Waals surface area (Å²) in [5, 5.41) is 2.80. The van der Waals surface area contributed by atoms with Gasteiger partial charge in [0.25, 0.3) is 5.91 Å². The van der Waals surface area contributed by atoms with Crippen molar-refractivity contribution in [2.24, 2.45) is 0 Å². The maximum absolute atomic E-state index is 11.6. The summed E-state index contributed by atoms with van der Waals surface area (Å²) in [6.45, 7) is 0.460. The predicted molar refractivity (Wildman–Crippen MR) is 62.9 cm³/mol. The molecule has 4 heteroatoms. The first kappa shape index (κ1) is 11.3. The van der Waals surface area contributed by atoms with Crippen LogP contribution in [0.2, 0.25) is 0 Å². The van der Waals surface area contributed by atoms with Crippen LogP contribution in [-0.2, 0) is 6.54 Å². The zero-order chi connectivity index (χ0) is 12.1. The van der Waals surface area contributed by atoms with Crippen LogP contribution in [0.3, 0.4) is 0 Å². The molecule has 88 valence electrons. The number of hydrogen-bond acceptors (Lipinski definition) is 3. The molecule has 1 heterocycles. The van der Waals surface area contributed by atoms with E-state index < -0.39 is 0 Å². The molecule has 1 aromatic heterocycles. The van der Waals surface area contributed by atoms with E-state index in [2.05, 4.69) is 5.32 Å². The van der Waals surface area contributed by atoms with Gasteiger partial charge in [0.05, 0.1) is 18.9 Å². The van der Waals surface area contributed by atoms with Gasteiger partial charge in [0.1, 0.15) is 12.0 Å². The molecule has 0 aliphatic rings. The second kappa shape index (κ2) is 5.21. The molecule has 1 N–H and O–H groups in total. The molecule has 4 nitrogen and oxygen atoms in total. The zero-order valence-electron chi connectivity index (χ0n) is 9.47. The lowest BCUT2D eigenvalue weighted by molar-refractivity contribution is 0.0950. The number of nitrogens with one attached hydrogen (secondary N) is 1. The van der Waals surface area contributed by atoms with Crippen LogP contribution in [0.15, 0.2) is 47.3 Å². The summed E-state index contributed by atoms with van der Waals surface area (Å²) in [4.78, 5) is 11.6. The average Bonchev–Trinajstić information content (AvgIpc) is 2.90. The molecular weight excluding hydrogens is 218 g/mol. The minimum Gasteiger partial charge on any atom is -0.497 e. The lowest BCUT2D eigenvalue weighted by Crippen LogP contribution is -2.22. The van der Waals surface area contributed by atoms with Crippen molar-refractivity contribution >= 4 is 5.91 Å². The third kappa shape index (κ3) is 2.87. The Bertz CT molecular complexity index is 491. The monoisotopic (exact) mass is 231 g/mol. The topological polar surface area (TPSA) is 51.5 Å². The Morgan fingerprint density at radius 2 is 2.29 bits per heavy atom. The van der Waals surface area contributed by atoms with Crippen molar-refractivity contribution < 1.29 is 13.9 Å². The SMILES string of the molecule is COc1cccc(CNC(=O)c2ccoc2)c1. The lowest BCUT2D eigenvalue weighted by atomic mass is 10.2. The van der Waals surface area contributed by atoms with E-state index in [9.17, 15) is 4.79 Å². The predicted octanol–water partition coefficient (Wildman–Crippen LogP) is 2.22. The average molecular weight is 231 g/mol. The molecule has 0 aliphatic heterocycles. The molecule has 0 saturated carbocycles. The van der Waals surface area contributed by atoms with E-state index in [4.69, 9.17) is 9.15 Å². The van der Waals surface area contributed by atoms with E-state index >= 15 is 0 Å². The highest BCUT2D eigenvalue weighted by atomic mass is 16.5. The van der Waals surface area contributed by atoms with E-state index in [1.807, 2.05) is 24.3 Å². The Morgan fingerprint density at radius 1 is 1.41 bits per heavy atom. The van der Waals surface area contributed by atoms with Crippen LogP contribution >= 0.6 is 0 Å². The number of amides is 1. The van der Waals surface area contributed by atoms with Crippen LogP contribution < -0.4 is 10.1 Å². The molecule has 17 heavy (non-hydrogen) atoms. The van der Waals surface area contributed by atoms with Gasteiger partial charge < -0.3 is 14.5 Å². The molecule has 0 saturated heterocycles. The molecule has 1 aromatic carbocycles. The molecule has 2 rings (SSSR count). The first-order chi connectivity index (χ1) is 8.29. The quantitative estimate of drug-likeness (QED) is 0.877. The Hall–Kier alpha value is -2.23. The fraction of sp³-hybridized carbons (Fsp3) is 0.154. The first-order valence-corrected chi connectivity index (χ1v) is 5.23. The number of ether oxygens (including phenoxy) is 1. The number of hydrogen-bond donors (Lipinski definition) is 1. The van der Waals surface area contributed by atoms with Crippen molar-refractivity contribution in [1.82, 2.24) is 5.32 Å². The third-order valence-corrected chi connectivity index (χ3v) is 2.37. The summed E-state index contributed by atoms with van der Waals surface area (Å²) in [6, 6.07) is 9.19. The Morgan fingerprint density at radius 3 is 3.00 bits per heavy atom. The molecule has 1 amide bonds. The summed E-state index contributed by atoms with van der Waals surface area (Å²) in [7, 11) is 1.61. The normalized spacial score (nSPS) is 9.94. The summed E-state index contributed by atoms with van der Waals surface area (Å²) >= 11 is 0. The van der Waals surface area contributed by atoms with Crippen molar-refractivity contribution in [2.75, 3.05) is 7.11 Å². The Labute approximate surface area is 99.2 Å². The number of carbonyl (C=O) groups is 1. The van der Waals surface area contributed by atoms with Gasteiger partial charge in [-0.25, -0.2) is 0 Å². The van der Waals surface area contributed by atoms with E-state index in [0.717, 1.165) is 11.3 Å². The molecule has 0 bridgehead atoms. The maximum atomic E-state index is 11.6. The number of methoxy groups -OCH3 is 1. The van der Waals surface area contributed by atoms with Crippen molar-refractivity contribution in [3.8, 4) is 5.75 Å². The van der Waals surface area contributed by atoms with Gasteiger partial charge in [0, 0.05) is 6.54 Å². The highest BCUT2D eigenvalue weighted by molar-refractivity contribution is 5.93. The van der Waals surface area contributed by atoms with Gasteiger partial charge in [-0.3, -0.25) is 4.79 Å².